The van der Waals surface area contributed by atoms with E-state index in [1.807, 2.05) is 35.2 Å². The summed E-state index contributed by atoms with van der Waals surface area (Å²) in [6.45, 7) is 11.2. The lowest BCUT2D eigenvalue weighted by Gasteiger charge is -2.36. The Morgan fingerprint density at radius 3 is 2.31 bits per heavy atom. The van der Waals surface area contributed by atoms with Crippen LogP contribution in [0.15, 0.2) is 67.3 Å². The molecule has 0 aliphatic carbocycles. The molecule has 1 heterocycles. The molecule has 0 radical (unpaired) electrons. The van der Waals surface area contributed by atoms with E-state index in [0.717, 1.165) is 22.6 Å². The second-order valence-electron chi connectivity index (χ2n) is 10.1. The first-order chi connectivity index (χ1) is 20.2. The zero-order chi connectivity index (χ0) is 30.2. The molecular weight excluding hydrogens is 554 g/mol. The van der Waals surface area contributed by atoms with Gasteiger partial charge in [0.25, 0.3) is 0 Å². The molecule has 1 aliphatic heterocycles. The minimum absolute atomic E-state index is 0.0993. The van der Waals surface area contributed by atoms with Gasteiger partial charge < -0.3 is 34.8 Å². The fourth-order valence-corrected chi connectivity index (χ4v) is 5.25. The van der Waals surface area contributed by atoms with Crippen LogP contribution in [0.3, 0.4) is 0 Å². The van der Waals surface area contributed by atoms with Crippen LogP contribution in [-0.4, -0.2) is 70.3 Å². The number of amides is 3. The minimum atomic E-state index is -0.246. The van der Waals surface area contributed by atoms with Crippen molar-refractivity contribution in [3.8, 4) is 11.5 Å². The number of methoxy groups -OCH3 is 2. The van der Waals surface area contributed by atoms with Crippen molar-refractivity contribution in [2.24, 2.45) is 0 Å². The highest BCUT2D eigenvalue weighted by atomic mass is 35.5. The largest absolute Gasteiger partial charge is 0.497 e. The van der Waals surface area contributed by atoms with Gasteiger partial charge in [0.2, 0.25) is 5.91 Å². The monoisotopic (exact) mass is 591 g/mol. The summed E-state index contributed by atoms with van der Waals surface area (Å²) in [5.74, 6) is 0.871. The molecular formula is C32H38ClN5O4. The Labute approximate surface area is 252 Å². The molecule has 3 aromatic carbocycles. The standard InChI is InChI=1S/C32H38ClN5O4/c1-6-13-38(28-12-7-22(2)18-23(28)3)21-30(39)34-24-8-10-25(11-9-24)36-14-16-37(17-15-36)32(40)35-31-27(33)19-26(41-4)20-29(31)42-5/h6-12,18-20H,1,13-17,21H2,2-5H3,(H,34,39)(H,35,40). The first-order valence-electron chi connectivity index (χ1n) is 13.8. The smallest absolute Gasteiger partial charge is 0.322 e. The van der Waals surface area contributed by atoms with Gasteiger partial charge in [-0.05, 0) is 49.7 Å². The van der Waals surface area contributed by atoms with Gasteiger partial charge in [-0.15, -0.1) is 6.58 Å². The number of piperazine rings is 1. The molecule has 1 saturated heterocycles. The Morgan fingerprint density at radius 2 is 1.69 bits per heavy atom. The second-order valence-corrected chi connectivity index (χ2v) is 10.6. The Kier molecular flexibility index (Phi) is 10.2. The zero-order valence-electron chi connectivity index (χ0n) is 24.6. The van der Waals surface area contributed by atoms with E-state index in [2.05, 4.69) is 48.1 Å². The van der Waals surface area contributed by atoms with E-state index in [-0.39, 0.29) is 18.5 Å². The molecule has 3 aromatic rings. The number of halogens is 1. The summed E-state index contributed by atoms with van der Waals surface area (Å²) in [4.78, 5) is 31.8. The van der Waals surface area contributed by atoms with Crippen molar-refractivity contribution in [3.63, 3.8) is 0 Å². The summed E-state index contributed by atoms with van der Waals surface area (Å²) in [7, 11) is 3.05. The number of aryl methyl sites for hydroxylation is 2. The number of nitrogens with one attached hydrogen (secondary N) is 2. The maximum atomic E-state index is 13.0. The van der Waals surface area contributed by atoms with Crippen LogP contribution in [0, 0.1) is 13.8 Å². The Balaban J connectivity index is 1.31. The van der Waals surface area contributed by atoms with E-state index in [0.29, 0.717) is 54.9 Å². The molecule has 222 valence electrons. The number of hydrogen-bond acceptors (Lipinski definition) is 6. The van der Waals surface area contributed by atoms with E-state index in [1.165, 1.54) is 12.7 Å². The highest BCUT2D eigenvalue weighted by Gasteiger charge is 2.23. The zero-order valence-corrected chi connectivity index (χ0v) is 25.3. The summed E-state index contributed by atoms with van der Waals surface area (Å²) in [5, 5.41) is 6.22. The third-order valence-corrected chi connectivity index (χ3v) is 7.47. The van der Waals surface area contributed by atoms with E-state index >= 15 is 0 Å². The van der Waals surface area contributed by atoms with Gasteiger partial charge in [0.15, 0.2) is 0 Å². The summed E-state index contributed by atoms with van der Waals surface area (Å²) >= 11 is 6.37. The van der Waals surface area contributed by atoms with Crippen molar-refractivity contribution in [1.29, 1.82) is 0 Å². The number of urea groups is 1. The molecule has 9 nitrogen and oxygen atoms in total. The molecule has 1 aliphatic rings. The third-order valence-electron chi connectivity index (χ3n) is 7.18. The summed E-state index contributed by atoms with van der Waals surface area (Å²) in [5.41, 5.74) is 5.48. The van der Waals surface area contributed by atoms with Crippen LogP contribution in [0.2, 0.25) is 5.02 Å². The van der Waals surface area contributed by atoms with Crippen molar-refractivity contribution >= 4 is 46.3 Å². The maximum absolute atomic E-state index is 13.0. The first kappa shape index (κ1) is 30.6. The molecule has 1 fully saturated rings. The topological polar surface area (TPSA) is 86.4 Å². The highest BCUT2D eigenvalue weighted by Crippen LogP contribution is 2.37. The van der Waals surface area contributed by atoms with Gasteiger partial charge in [0.05, 0.1) is 25.8 Å². The lowest BCUT2D eigenvalue weighted by molar-refractivity contribution is -0.115. The number of anilines is 4. The van der Waals surface area contributed by atoms with Crippen molar-refractivity contribution in [2.45, 2.75) is 13.8 Å². The number of carbonyl (C=O) groups is 2. The molecule has 0 spiro atoms. The molecule has 0 atom stereocenters. The van der Waals surface area contributed by atoms with Crippen LogP contribution >= 0.6 is 11.6 Å². The maximum Gasteiger partial charge on any atom is 0.322 e. The van der Waals surface area contributed by atoms with Crippen molar-refractivity contribution < 1.29 is 19.1 Å². The second kappa shape index (κ2) is 14.0. The van der Waals surface area contributed by atoms with E-state index in [9.17, 15) is 9.59 Å². The highest BCUT2D eigenvalue weighted by molar-refractivity contribution is 6.34. The predicted molar refractivity (Wildman–Crippen MR) is 171 cm³/mol. The van der Waals surface area contributed by atoms with Crippen LogP contribution in [-0.2, 0) is 4.79 Å². The number of ether oxygens (including phenoxy) is 2. The first-order valence-corrected chi connectivity index (χ1v) is 14.2. The summed E-state index contributed by atoms with van der Waals surface area (Å²) in [6.07, 6.45) is 1.80. The fraction of sp³-hybridized carbons (Fsp3) is 0.312. The third kappa shape index (κ3) is 7.47. The molecule has 0 aromatic heterocycles. The lowest BCUT2D eigenvalue weighted by atomic mass is 10.1. The van der Waals surface area contributed by atoms with Gasteiger partial charge in [-0.25, -0.2) is 4.79 Å². The van der Waals surface area contributed by atoms with Crippen LogP contribution in [0.1, 0.15) is 11.1 Å². The molecule has 0 bridgehead atoms. The van der Waals surface area contributed by atoms with Crippen molar-refractivity contribution in [1.82, 2.24) is 4.90 Å². The molecule has 0 unspecified atom stereocenters. The van der Waals surface area contributed by atoms with E-state index in [1.54, 1.807) is 30.2 Å². The normalized spacial score (nSPS) is 12.9. The van der Waals surface area contributed by atoms with Gasteiger partial charge in [-0.2, -0.15) is 0 Å². The molecule has 0 saturated carbocycles. The van der Waals surface area contributed by atoms with Crippen molar-refractivity contribution in [2.75, 3.05) is 73.9 Å². The van der Waals surface area contributed by atoms with Crippen molar-refractivity contribution in [3.05, 3.63) is 83.4 Å². The molecule has 2 N–H and O–H groups in total. The van der Waals surface area contributed by atoms with Gasteiger partial charge in [-0.1, -0.05) is 35.4 Å². The number of rotatable bonds is 10. The van der Waals surface area contributed by atoms with Crippen LogP contribution < -0.4 is 29.9 Å². The fourth-order valence-electron chi connectivity index (χ4n) is 5.01. The number of benzene rings is 3. The number of hydrogen-bond donors (Lipinski definition) is 2. The predicted octanol–water partition coefficient (Wildman–Crippen LogP) is 5.96. The average molecular weight is 592 g/mol. The number of carbonyl (C=O) groups excluding carboxylic acids is 2. The van der Waals surface area contributed by atoms with Gasteiger partial charge in [0, 0.05) is 61.9 Å². The average Bonchev–Trinajstić information content (AvgIpc) is 2.98. The lowest BCUT2D eigenvalue weighted by Crippen LogP contribution is -2.50. The Bertz CT molecular complexity index is 1420. The Hall–Kier alpha value is -4.37. The van der Waals surface area contributed by atoms with Gasteiger partial charge in [0.1, 0.15) is 17.2 Å². The molecule has 4 rings (SSSR count). The quantitative estimate of drug-likeness (QED) is 0.283. The van der Waals surface area contributed by atoms with Crippen LogP contribution in [0.5, 0.6) is 11.5 Å². The summed E-state index contributed by atoms with van der Waals surface area (Å²) < 4.78 is 10.6. The molecule has 3 amide bonds. The van der Waals surface area contributed by atoms with Crippen LogP contribution in [0.4, 0.5) is 27.5 Å². The molecule has 10 heteroatoms. The SMILES string of the molecule is C=CCN(CC(=O)Nc1ccc(N2CCN(C(=O)Nc3c(Cl)cc(OC)cc3OC)CC2)cc1)c1ccc(C)cc1C. The Morgan fingerprint density at radius 1 is 0.976 bits per heavy atom. The summed E-state index contributed by atoms with van der Waals surface area (Å²) in [6, 6.07) is 17.0. The number of nitrogens with zero attached hydrogens (tertiary/aromatic N) is 3. The van der Waals surface area contributed by atoms with E-state index in [4.69, 9.17) is 21.1 Å². The molecule has 42 heavy (non-hydrogen) atoms. The van der Waals surface area contributed by atoms with E-state index < -0.39 is 0 Å². The van der Waals surface area contributed by atoms with Crippen LogP contribution in [0.25, 0.3) is 0 Å². The minimum Gasteiger partial charge on any atom is -0.497 e. The van der Waals surface area contributed by atoms with Gasteiger partial charge >= 0.3 is 6.03 Å². The van der Waals surface area contributed by atoms with Gasteiger partial charge in [-0.3, -0.25) is 4.79 Å².